The number of nitrogens with zero attached hydrogens (tertiary/aromatic N) is 3. The van der Waals surface area contributed by atoms with E-state index in [1.54, 1.807) is 4.90 Å². The highest BCUT2D eigenvalue weighted by Crippen LogP contribution is 2.12. The molecule has 1 atom stereocenters. The van der Waals surface area contributed by atoms with Gasteiger partial charge in [0.2, 0.25) is 5.91 Å². The standard InChI is InChI=1S/C15H17F2N3O/c1-11(10-18)19-4-6-20(7-5-19)15(21)9-12-2-3-13(16)14(17)8-12/h2-3,8,11H,4-7,9H2,1H3. The molecule has 21 heavy (non-hydrogen) atoms. The molecule has 1 aromatic rings. The van der Waals surface area contributed by atoms with Crippen LogP contribution < -0.4 is 0 Å². The molecule has 1 aliphatic heterocycles. The van der Waals surface area contributed by atoms with Gasteiger partial charge < -0.3 is 4.90 Å². The topological polar surface area (TPSA) is 47.3 Å². The van der Waals surface area contributed by atoms with E-state index in [0.717, 1.165) is 12.1 Å². The predicted molar refractivity (Wildman–Crippen MR) is 73.3 cm³/mol. The maximum absolute atomic E-state index is 13.1. The third-order valence-electron chi connectivity index (χ3n) is 3.74. The van der Waals surface area contributed by atoms with Gasteiger partial charge in [-0.1, -0.05) is 6.07 Å². The second-order valence-corrected chi connectivity index (χ2v) is 5.15. The average Bonchev–Trinajstić information content (AvgIpc) is 2.50. The van der Waals surface area contributed by atoms with Crippen LogP contribution in [0.4, 0.5) is 8.78 Å². The van der Waals surface area contributed by atoms with Crippen molar-refractivity contribution in [2.24, 2.45) is 0 Å². The van der Waals surface area contributed by atoms with Gasteiger partial charge in [0.05, 0.1) is 18.5 Å². The van der Waals surface area contributed by atoms with Crippen LogP contribution >= 0.6 is 0 Å². The van der Waals surface area contributed by atoms with Gasteiger partial charge in [-0.25, -0.2) is 8.78 Å². The summed E-state index contributed by atoms with van der Waals surface area (Å²) in [6.45, 7) is 4.23. The van der Waals surface area contributed by atoms with Crippen molar-refractivity contribution < 1.29 is 13.6 Å². The first-order valence-corrected chi connectivity index (χ1v) is 6.86. The average molecular weight is 293 g/mol. The lowest BCUT2D eigenvalue weighted by molar-refractivity contribution is -0.132. The summed E-state index contributed by atoms with van der Waals surface area (Å²) in [4.78, 5) is 15.8. The van der Waals surface area contributed by atoms with E-state index in [-0.39, 0.29) is 18.4 Å². The van der Waals surface area contributed by atoms with Crippen molar-refractivity contribution in [3.63, 3.8) is 0 Å². The molecule has 1 aromatic carbocycles. The molecule has 0 bridgehead atoms. The van der Waals surface area contributed by atoms with E-state index in [4.69, 9.17) is 5.26 Å². The summed E-state index contributed by atoms with van der Waals surface area (Å²) in [6, 6.07) is 5.53. The molecule has 2 rings (SSSR count). The largest absolute Gasteiger partial charge is 0.340 e. The number of benzene rings is 1. The summed E-state index contributed by atoms with van der Waals surface area (Å²) in [5, 5.41) is 8.87. The second-order valence-electron chi connectivity index (χ2n) is 5.15. The van der Waals surface area contributed by atoms with Crippen LogP contribution in [0, 0.1) is 23.0 Å². The zero-order valence-corrected chi connectivity index (χ0v) is 11.9. The Labute approximate surface area is 122 Å². The van der Waals surface area contributed by atoms with Crippen LogP contribution in [0.3, 0.4) is 0 Å². The minimum atomic E-state index is -0.937. The van der Waals surface area contributed by atoms with Crippen LogP contribution in [0.5, 0.6) is 0 Å². The molecule has 4 nitrogen and oxygen atoms in total. The van der Waals surface area contributed by atoms with Gasteiger partial charge in [0, 0.05) is 26.2 Å². The Hall–Kier alpha value is -2.00. The van der Waals surface area contributed by atoms with E-state index < -0.39 is 11.6 Å². The number of amides is 1. The molecule has 1 amide bonds. The molecular weight excluding hydrogens is 276 g/mol. The van der Waals surface area contributed by atoms with Crippen LogP contribution in [-0.4, -0.2) is 47.9 Å². The van der Waals surface area contributed by atoms with E-state index in [1.165, 1.54) is 6.07 Å². The summed E-state index contributed by atoms with van der Waals surface area (Å²) in [6.07, 6.45) is 0.0605. The molecule has 112 valence electrons. The Bertz CT molecular complexity index is 563. The molecule has 0 N–H and O–H groups in total. The van der Waals surface area contributed by atoms with E-state index in [9.17, 15) is 13.6 Å². The molecule has 0 radical (unpaired) electrons. The van der Waals surface area contributed by atoms with Crippen molar-refractivity contribution in [1.29, 1.82) is 5.26 Å². The molecule has 1 fully saturated rings. The minimum Gasteiger partial charge on any atom is -0.340 e. The zero-order chi connectivity index (χ0) is 15.4. The normalized spacial score (nSPS) is 17.3. The van der Waals surface area contributed by atoms with Gasteiger partial charge in [0.15, 0.2) is 11.6 Å². The number of piperazine rings is 1. The number of rotatable bonds is 3. The highest BCUT2D eigenvalue weighted by molar-refractivity contribution is 5.78. The van der Waals surface area contributed by atoms with Crippen molar-refractivity contribution in [2.75, 3.05) is 26.2 Å². The summed E-state index contributed by atoms with van der Waals surface area (Å²) in [5.74, 6) is -1.96. The summed E-state index contributed by atoms with van der Waals surface area (Å²) in [7, 11) is 0. The lowest BCUT2D eigenvalue weighted by Crippen LogP contribution is -2.51. The fourth-order valence-electron chi connectivity index (χ4n) is 2.38. The number of halogens is 2. The van der Waals surface area contributed by atoms with Gasteiger partial charge in [0.1, 0.15) is 0 Å². The quantitative estimate of drug-likeness (QED) is 0.850. The lowest BCUT2D eigenvalue weighted by Gasteiger charge is -2.36. The van der Waals surface area contributed by atoms with Crippen molar-refractivity contribution in [1.82, 2.24) is 9.80 Å². The minimum absolute atomic E-state index is 0.0605. The van der Waals surface area contributed by atoms with Gasteiger partial charge in [-0.05, 0) is 24.6 Å². The molecule has 0 saturated carbocycles. The molecule has 0 spiro atoms. The van der Waals surface area contributed by atoms with Gasteiger partial charge in [-0.15, -0.1) is 0 Å². The molecule has 1 saturated heterocycles. The van der Waals surface area contributed by atoms with Crippen LogP contribution in [0.25, 0.3) is 0 Å². The van der Waals surface area contributed by atoms with Crippen LogP contribution in [0.1, 0.15) is 12.5 Å². The highest BCUT2D eigenvalue weighted by atomic mass is 19.2. The van der Waals surface area contributed by atoms with Gasteiger partial charge >= 0.3 is 0 Å². The number of carbonyl (C=O) groups excluding carboxylic acids is 1. The fourth-order valence-corrected chi connectivity index (χ4v) is 2.38. The summed E-state index contributed by atoms with van der Waals surface area (Å²) in [5.41, 5.74) is 0.465. The first-order valence-electron chi connectivity index (χ1n) is 6.86. The SMILES string of the molecule is CC(C#N)N1CCN(C(=O)Cc2ccc(F)c(F)c2)CC1. The Morgan fingerprint density at radius 2 is 1.95 bits per heavy atom. The molecule has 0 aliphatic carbocycles. The first kappa shape index (κ1) is 15.4. The smallest absolute Gasteiger partial charge is 0.227 e. The predicted octanol–water partition coefficient (Wildman–Crippen LogP) is 1.56. The number of hydrogen-bond donors (Lipinski definition) is 0. The second kappa shape index (κ2) is 6.64. The summed E-state index contributed by atoms with van der Waals surface area (Å²) >= 11 is 0. The Morgan fingerprint density at radius 1 is 1.29 bits per heavy atom. The molecule has 0 aromatic heterocycles. The number of nitriles is 1. The Morgan fingerprint density at radius 3 is 2.52 bits per heavy atom. The van der Waals surface area contributed by atoms with Gasteiger partial charge in [-0.2, -0.15) is 5.26 Å². The van der Waals surface area contributed by atoms with Gasteiger partial charge in [-0.3, -0.25) is 9.69 Å². The first-order chi connectivity index (χ1) is 10.0. The maximum atomic E-state index is 13.1. The monoisotopic (exact) mass is 293 g/mol. The molecule has 6 heteroatoms. The van der Waals surface area contributed by atoms with Crippen LogP contribution in [-0.2, 0) is 11.2 Å². The lowest BCUT2D eigenvalue weighted by atomic mass is 10.1. The van der Waals surface area contributed by atoms with E-state index >= 15 is 0 Å². The molecule has 1 aliphatic rings. The van der Waals surface area contributed by atoms with E-state index in [1.807, 2.05) is 11.8 Å². The third kappa shape index (κ3) is 3.76. The van der Waals surface area contributed by atoms with Gasteiger partial charge in [0.25, 0.3) is 0 Å². The molecule has 1 heterocycles. The van der Waals surface area contributed by atoms with Crippen LogP contribution in [0.2, 0.25) is 0 Å². The van der Waals surface area contributed by atoms with Crippen molar-refractivity contribution >= 4 is 5.91 Å². The number of hydrogen-bond acceptors (Lipinski definition) is 3. The fraction of sp³-hybridized carbons (Fsp3) is 0.467. The van der Waals surface area contributed by atoms with E-state index in [0.29, 0.717) is 31.7 Å². The van der Waals surface area contributed by atoms with Crippen LogP contribution in [0.15, 0.2) is 18.2 Å². The third-order valence-corrected chi connectivity index (χ3v) is 3.74. The highest BCUT2D eigenvalue weighted by Gasteiger charge is 2.23. The Balaban J connectivity index is 1.90. The van der Waals surface area contributed by atoms with Crippen molar-refractivity contribution in [3.8, 4) is 6.07 Å². The van der Waals surface area contributed by atoms with Crippen molar-refractivity contribution in [3.05, 3.63) is 35.4 Å². The molecule has 1 unspecified atom stereocenters. The maximum Gasteiger partial charge on any atom is 0.227 e. The summed E-state index contributed by atoms with van der Waals surface area (Å²) < 4.78 is 26.0. The Kier molecular flexibility index (Phi) is 4.86. The molecular formula is C15H17F2N3O. The van der Waals surface area contributed by atoms with E-state index in [2.05, 4.69) is 6.07 Å². The number of carbonyl (C=O) groups is 1. The zero-order valence-electron chi connectivity index (χ0n) is 11.9. The van der Waals surface area contributed by atoms with Crippen molar-refractivity contribution in [2.45, 2.75) is 19.4 Å².